The second kappa shape index (κ2) is 10.8. The maximum Gasteiger partial charge on any atom is 0.331 e. The second-order valence-electron chi connectivity index (χ2n) is 8.38. The molecule has 8 nitrogen and oxygen atoms in total. The zero-order chi connectivity index (χ0) is 24.1. The van der Waals surface area contributed by atoms with Crippen molar-refractivity contribution in [3.05, 3.63) is 71.8 Å². The van der Waals surface area contributed by atoms with Gasteiger partial charge in [-0.05, 0) is 30.9 Å². The Labute approximate surface area is 199 Å². The first-order valence-electron chi connectivity index (χ1n) is 11.6. The molecule has 4 rings (SSSR count). The molecule has 0 bridgehead atoms. The first kappa shape index (κ1) is 23.9. The summed E-state index contributed by atoms with van der Waals surface area (Å²) in [6.45, 7) is 2.34. The molecule has 2 aliphatic rings. The number of hydrogen-bond donors (Lipinski definition) is 1. The SMILES string of the molecule is CCOC(=O)[C@@H](NC(=O)[C@@H]1CCCN1C(=O)[C@@H]1O[C@H]1c1ccccc1)[C@@H](OC)c1ccccc1. The van der Waals surface area contributed by atoms with Crippen molar-refractivity contribution in [2.45, 2.75) is 50.2 Å². The van der Waals surface area contributed by atoms with Crippen molar-refractivity contribution < 1.29 is 28.6 Å². The van der Waals surface area contributed by atoms with Crippen LogP contribution in [0.15, 0.2) is 60.7 Å². The zero-order valence-corrected chi connectivity index (χ0v) is 19.4. The van der Waals surface area contributed by atoms with Crippen LogP contribution in [0.5, 0.6) is 0 Å². The summed E-state index contributed by atoms with van der Waals surface area (Å²) in [6, 6.07) is 17.0. The van der Waals surface area contributed by atoms with E-state index < -0.39 is 36.2 Å². The summed E-state index contributed by atoms with van der Waals surface area (Å²) >= 11 is 0. The highest BCUT2D eigenvalue weighted by Gasteiger charge is 2.50. The molecule has 0 aromatic heterocycles. The van der Waals surface area contributed by atoms with Gasteiger partial charge in [-0.15, -0.1) is 0 Å². The number of carbonyl (C=O) groups is 3. The van der Waals surface area contributed by atoms with Crippen LogP contribution >= 0.6 is 0 Å². The standard InChI is InChI=1S/C26H30N2O6/c1-3-33-26(31)20(21(32-2)17-11-6-4-7-12-17)27-24(29)19-15-10-16-28(19)25(30)23-22(34-23)18-13-8-5-9-14-18/h4-9,11-14,19-23H,3,10,15-16H2,1-2H3,(H,27,29)/t19-,20-,21-,22-,23+/m0/s1. The van der Waals surface area contributed by atoms with Crippen LogP contribution in [0.3, 0.4) is 0 Å². The Morgan fingerprint density at radius 1 is 1.09 bits per heavy atom. The molecule has 8 heteroatoms. The Morgan fingerprint density at radius 2 is 1.76 bits per heavy atom. The summed E-state index contributed by atoms with van der Waals surface area (Å²) in [5.41, 5.74) is 1.68. The van der Waals surface area contributed by atoms with E-state index in [1.54, 1.807) is 11.8 Å². The van der Waals surface area contributed by atoms with E-state index >= 15 is 0 Å². The summed E-state index contributed by atoms with van der Waals surface area (Å²) < 4.78 is 16.5. The lowest BCUT2D eigenvalue weighted by Crippen LogP contribution is -2.53. The van der Waals surface area contributed by atoms with Gasteiger partial charge in [0.2, 0.25) is 5.91 Å². The molecule has 2 aromatic rings. The maximum atomic E-state index is 13.3. The van der Waals surface area contributed by atoms with E-state index in [0.717, 1.165) is 11.1 Å². The maximum absolute atomic E-state index is 13.3. The highest BCUT2D eigenvalue weighted by molar-refractivity contribution is 5.93. The number of likely N-dealkylation sites (tertiary alicyclic amines) is 1. The smallest absolute Gasteiger partial charge is 0.331 e. The monoisotopic (exact) mass is 466 g/mol. The lowest BCUT2D eigenvalue weighted by molar-refractivity contribution is -0.152. The topological polar surface area (TPSA) is 97.5 Å². The number of epoxide rings is 1. The van der Waals surface area contributed by atoms with Crippen molar-refractivity contribution in [2.75, 3.05) is 20.3 Å². The molecule has 0 aliphatic carbocycles. The molecule has 2 fully saturated rings. The van der Waals surface area contributed by atoms with Gasteiger partial charge in [0.05, 0.1) is 6.61 Å². The number of benzene rings is 2. The van der Waals surface area contributed by atoms with Crippen LogP contribution in [-0.2, 0) is 28.6 Å². The zero-order valence-electron chi connectivity index (χ0n) is 19.4. The van der Waals surface area contributed by atoms with E-state index in [1.807, 2.05) is 60.7 Å². The number of carbonyl (C=O) groups excluding carboxylic acids is 3. The number of nitrogens with zero attached hydrogens (tertiary/aromatic N) is 1. The third-order valence-electron chi connectivity index (χ3n) is 6.22. The quantitative estimate of drug-likeness (QED) is 0.451. The van der Waals surface area contributed by atoms with Crippen LogP contribution < -0.4 is 5.32 Å². The fourth-order valence-corrected chi connectivity index (χ4v) is 4.51. The molecule has 34 heavy (non-hydrogen) atoms. The predicted molar refractivity (Wildman–Crippen MR) is 124 cm³/mol. The second-order valence-corrected chi connectivity index (χ2v) is 8.38. The average Bonchev–Trinajstić information content (AvgIpc) is 3.52. The van der Waals surface area contributed by atoms with Gasteiger partial charge in [-0.1, -0.05) is 60.7 Å². The molecule has 2 heterocycles. The third-order valence-corrected chi connectivity index (χ3v) is 6.22. The van der Waals surface area contributed by atoms with E-state index in [0.29, 0.717) is 19.4 Å². The van der Waals surface area contributed by atoms with Gasteiger partial charge >= 0.3 is 5.97 Å². The lowest BCUT2D eigenvalue weighted by Gasteiger charge is -2.29. The van der Waals surface area contributed by atoms with Gasteiger partial charge in [0, 0.05) is 13.7 Å². The molecular weight excluding hydrogens is 436 g/mol. The van der Waals surface area contributed by atoms with Crippen LogP contribution in [0.4, 0.5) is 0 Å². The highest BCUT2D eigenvalue weighted by atomic mass is 16.6. The number of amides is 2. The summed E-state index contributed by atoms with van der Waals surface area (Å²) in [5.74, 6) is -1.19. The molecule has 0 spiro atoms. The number of hydrogen-bond acceptors (Lipinski definition) is 6. The Morgan fingerprint density at radius 3 is 2.41 bits per heavy atom. The van der Waals surface area contributed by atoms with Crippen LogP contribution in [0.2, 0.25) is 0 Å². The molecule has 0 unspecified atom stereocenters. The molecule has 180 valence electrons. The Balaban J connectivity index is 1.47. The molecule has 2 saturated heterocycles. The Hall–Kier alpha value is -3.23. The van der Waals surface area contributed by atoms with Gasteiger partial charge in [0.1, 0.15) is 18.2 Å². The summed E-state index contributed by atoms with van der Waals surface area (Å²) in [6.07, 6.45) is -0.403. The number of rotatable bonds is 9. The largest absolute Gasteiger partial charge is 0.464 e. The van der Waals surface area contributed by atoms with Gasteiger partial charge in [0.25, 0.3) is 5.91 Å². The van der Waals surface area contributed by atoms with Gasteiger partial charge in [-0.25, -0.2) is 4.79 Å². The van der Waals surface area contributed by atoms with Crippen LogP contribution in [0.25, 0.3) is 0 Å². The minimum Gasteiger partial charge on any atom is -0.464 e. The molecule has 2 aliphatic heterocycles. The fraction of sp³-hybridized carbons (Fsp3) is 0.423. The molecule has 0 radical (unpaired) electrons. The van der Waals surface area contributed by atoms with Crippen molar-refractivity contribution in [3.8, 4) is 0 Å². The normalized spacial score (nSPS) is 23.1. The lowest BCUT2D eigenvalue weighted by atomic mass is 10.0. The van der Waals surface area contributed by atoms with Crippen molar-refractivity contribution >= 4 is 17.8 Å². The minimum absolute atomic E-state index is 0.171. The van der Waals surface area contributed by atoms with Crippen molar-refractivity contribution in [1.29, 1.82) is 0 Å². The Kier molecular flexibility index (Phi) is 7.59. The molecule has 2 aromatic carbocycles. The van der Waals surface area contributed by atoms with Gasteiger partial charge < -0.3 is 24.4 Å². The summed E-state index contributed by atoms with van der Waals surface area (Å²) in [7, 11) is 1.48. The van der Waals surface area contributed by atoms with E-state index in [2.05, 4.69) is 5.32 Å². The van der Waals surface area contributed by atoms with E-state index in [1.165, 1.54) is 7.11 Å². The number of methoxy groups -OCH3 is 1. The summed E-state index contributed by atoms with van der Waals surface area (Å²) in [5, 5.41) is 2.81. The van der Waals surface area contributed by atoms with Gasteiger partial charge in [-0.2, -0.15) is 0 Å². The third kappa shape index (κ3) is 5.13. The van der Waals surface area contributed by atoms with E-state index in [-0.39, 0.29) is 18.6 Å². The molecule has 1 N–H and O–H groups in total. The molecule has 0 saturated carbocycles. The van der Waals surface area contributed by atoms with Crippen LogP contribution in [-0.4, -0.2) is 61.1 Å². The summed E-state index contributed by atoms with van der Waals surface area (Å²) in [4.78, 5) is 40.8. The molecular formula is C26H30N2O6. The van der Waals surface area contributed by atoms with Crippen LogP contribution in [0.1, 0.15) is 43.1 Å². The predicted octanol–water partition coefficient (Wildman–Crippen LogP) is 2.55. The fourth-order valence-electron chi connectivity index (χ4n) is 4.51. The van der Waals surface area contributed by atoms with Crippen molar-refractivity contribution in [1.82, 2.24) is 10.2 Å². The molecule has 5 atom stereocenters. The average molecular weight is 467 g/mol. The minimum atomic E-state index is -1.05. The van der Waals surface area contributed by atoms with Gasteiger partial charge in [0.15, 0.2) is 12.1 Å². The van der Waals surface area contributed by atoms with Crippen LogP contribution in [0, 0.1) is 0 Å². The van der Waals surface area contributed by atoms with E-state index in [9.17, 15) is 14.4 Å². The highest BCUT2D eigenvalue weighted by Crippen LogP contribution is 2.40. The number of nitrogens with one attached hydrogen (secondary N) is 1. The first-order chi connectivity index (χ1) is 16.5. The first-order valence-corrected chi connectivity index (χ1v) is 11.6. The van der Waals surface area contributed by atoms with Gasteiger partial charge in [-0.3, -0.25) is 9.59 Å². The van der Waals surface area contributed by atoms with E-state index in [4.69, 9.17) is 14.2 Å². The number of esters is 1. The van der Waals surface area contributed by atoms with Crippen molar-refractivity contribution in [2.24, 2.45) is 0 Å². The Bertz CT molecular complexity index is 999. The van der Waals surface area contributed by atoms with Crippen molar-refractivity contribution in [3.63, 3.8) is 0 Å². The molecule has 2 amide bonds. The number of ether oxygens (including phenoxy) is 3.